The molecule has 0 atom stereocenters. The van der Waals surface area contributed by atoms with Crippen LogP contribution >= 0.6 is 0 Å². The van der Waals surface area contributed by atoms with Gasteiger partial charge in [-0.3, -0.25) is 0 Å². The number of aryl methyl sites for hydroxylation is 2. The van der Waals surface area contributed by atoms with Crippen molar-refractivity contribution in [3.63, 3.8) is 0 Å². The largest absolute Gasteiger partial charge is 0.507 e. The molecule has 2 N–H and O–H groups in total. The highest BCUT2D eigenvalue weighted by Crippen LogP contribution is 2.39. The van der Waals surface area contributed by atoms with Crippen LogP contribution in [0, 0.1) is 13.8 Å². The van der Waals surface area contributed by atoms with Gasteiger partial charge in [-0.15, -0.1) is 0 Å². The summed E-state index contributed by atoms with van der Waals surface area (Å²) in [4.78, 5) is 0. The van der Waals surface area contributed by atoms with E-state index < -0.39 is 0 Å². The molecular formula is C14H14O2. The van der Waals surface area contributed by atoms with Gasteiger partial charge in [-0.2, -0.15) is 0 Å². The number of phenolic OH excluding ortho intramolecular Hbond substituents is 2. The molecule has 0 radical (unpaired) electrons. The van der Waals surface area contributed by atoms with Gasteiger partial charge >= 0.3 is 0 Å². The summed E-state index contributed by atoms with van der Waals surface area (Å²) in [7, 11) is 0. The van der Waals surface area contributed by atoms with Gasteiger partial charge in [-0.05, 0) is 31.0 Å². The van der Waals surface area contributed by atoms with E-state index in [-0.39, 0.29) is 11.5 Å². The average molecular weight is 214 g/mol. The van der Waals surface area contributed by atoms with Crippen LogP contribution in [0.3, 0.4) is 0 Å². The van der Waals surface area contributed by atoms with Crippen molar-refractivity contribution < 1.29 is 10.2 Å². The van der Waals surface area contributed by atoms with E-state index in [4.69, 9.17) is 0 Å². The maximum absolute atomic E-state index is 10.0. The first-order valence-electron chi connectivity index (χ1n) is 5.19. The van der Waals surface area contributed by atoms with Crippen LogP contribution in [0.1, 0.15) is 11.1 Å². The summed E-state index contributed by atoms with van der Waals surface area (Å²) in [5.41, 5.74) is 3.13. The molecule has 0 heterocycles. The first kappa shape index (κ1) is 10.6. The van der Waals surface area contributed by atoms with Crippen molar-refractivity contribution in [3.8, 4) is 22.6 Å². The number of phenols is 2. The Bertz CT molecular complexity index is 530. The molecule has 2 nitrogen and oxygen atoms in total. The lowest BCUT2D eigenvalue weighted by Gasteiger charge is -2.12. The van der Waals surface area contributed by atoms with Crippen LogP contribution in [0.25, 0.3) is 11.1 Å². The number of benzene rings is 2. The molecule has 0 aliphatic heterocycles. The Hall–Kier alpha value is -1.96. The molecule has 2 heteroatoms. The van der Waals surface area contributed by atoms with Crippen molar-refractivity contribution in [2.45, 2.75) is 13.8 Å². The minimum absolute atomic E-state index is 0.187. The molecular weight excluding hydrogens is 200 g/mol. The van der Waals surface area contributed by atoms with Crippen LogP contribution in [0.4, 0.5) is 0 Å². The normalized spacial score (nSPS) is 10.4. The first-order chi connectivity index (χ1) is 7.61. The van der Waals surface area contributed by atoms with Gasteiger partial charge in [0.1, 0.15) is 11.5 Å². The van der Waals surface area contributed by atoms with Crippen LogP contribution in [0.15, 0.2) is 36.4 Å². The van der Waals surface area contributed by atoms with Gasteiger partial charge in [0, 0.05) is 11.1 Å². The highest BCUT2D eigenvalue weighted by atomic mass is 16.3. The lowest BCUT2D eigenvalue weighted by Crippen LogP contribution is -1.87. The number of hydrogen-bond acceptors (Lipinski definition) is 2. The van der Waals surface area contributed by atoms with Gasteiger partial charge in [-0.1, -0.05) is 30.3 Å². The van der Waals surface area contributed by atoms with Crippen molar-refractivity contribution in [2.75, 3.05) is 0 Å². The third-order valence-corrected chi connectivity index (χ3v) is 2.76. The summed E-state index contributed by atoms with van der Waals surface area (Å²) >= 11 is 0. The van der Waals surface area contributed by atoms with E-state index >= 15 is 0 Å². The number of hydrogen-bond donors (Lipinski definition) is 2. The Morgan fingerprint density at radius 1 is 0.812 bits per heavy atom. The minimum Gasteiger partial charge on any atom is -0.507 e. The molecule has 0 bridgehead atoms. The van der Waals surface area contributed by atoms with Crippen molar-refractivity contribution >= 4 is 0 Å². The summed E-state index contributed by atoms with van der Waals surface area (Å²) in [5, 5.41) is 19.8. The van der Waals surface area contributed by atoms with Gasteiger partial charge in [0.05, 0.1) is 0 Å². The van der Waals surface area contributed by atoms with Gasteiger partial charge in [0.25, 0.3) is 0 Å². The zero-order chi connectivity index (χ0) is 11.7. The van der Waals surface area contributed by atoms with E-state index in [1.807, 2.05) is 32.0 Å². The zero-order valence-electron chi connectivity index (χ0n) is 9.36. The quantitative estimate of drug-likeness (QED) is 0.764. The summed E-state index contributed by atoms with van der Waals surface area (Å²) in [6, 6.07) is 10.8. The van der Waals surface area contributed by atoms with E-state index in [9.17, 15) is 10.2 Å². The summed E-state index contributed by atoms with van der Waals surface area (Å²) in [6.45, 7) is 3.76. The van der Waals surface area contributed by atoms with E-state index in [0.29, 0.717) is 11.1 Å². The van der Waals surface area contributed by atoms with Crippen LogP contribution in [0.2, 0.25) is 0 Å². The van der Waals surface area contributed by atoms with Gasteiger partial charge < -0.3 is 10.2 Å². The first-order valence-corrected chi connectivity index (χ1v) is 5.19. The van der Waals surface area contributed by atoms with E-state index in [1.54, 1.807) is 18.2 Å². The monoisotopic (exact) mass is 214 g/mol. The van der Waals surface area contributed by atoms with Gasteiger partial charge in [0.2, 0.25) is 0 Å². The number of para-hydroxylation sites is 1. The lowest BCUT2D eigenvalue weighted by atomic mass is 9.96. The van der Waals surface area contributed by atoms with Gasteiger partial charge in [-0.25, -0.2) is 0 Å². The fourth-order valence-corrected chi connectivity index (χ4v) is 1.82. The molecule has 0 aromatic heterocycles. The van der Waals surface area contributed by atoms with Crippen molar-refractivity contribution in [1.82, 2.24) is 0 Å². The maximum Gasteiger partial charge on any atom is 0.126 e. The topological polar surface area (TPSA) is 40.5 Å². The Kier molecular flexibility index (Phi) is 2.57. The fourth-order valence-electron chi connectivity index (χ4n) is 1.82. The number of rotatable bonds is 1. The smallest absolute Gasteiger partial charge is 0.126 e. The zero-order valence-corrected chi connectivity index (χ0v) is 9.36. The van der Waals surface area contributed by atoms with Crippen molar-refractivity contribution in [1.29, 1.82) is 0 Å². The molecule has 82 valence electrons. The van der Waals surface area contributed by atoms with Crippen molar-refractivity contribution in [2.24, 2.45) is 0 Å². The Balaban J connectivity index is 2.74. The molecule has 0 unspecified atom stereocenters. The molecule has 0 aliphatic rings. The Morgan fingerprint density at radius 3 is 2.12 bits per heavy atom. The third kappa shape index (κ3) is 1.63. The standard InChI is InChI=1S/C14H14O2/c1-9-7-8-10(2)14(16)13(9)11-5-3-4-6-12(11)15/h3-8,15-16H,1-2H3. The third-order valence-electron chi connectivity index (χ3n) is 2.76. The molecule has 0 fully saturated rings. The molecule has 2 aromatic carbocycles. The molecule has 2 rings (SSSR count). The second-order valence-electron chi connectivity index (χ2n) is 3.94. The Labute approximate surface area is 94.8 Å². The highest BCUT2D eigenvalue weighted by molar-refractivity contribution is 5.79. The van der Waals surface area contributed by atoms with Crippen LogP contribution in [-0.2, 0) is 0 Å². The number of aromatic hydroxyl groups is 2. The second kappa shape index (κ2) is 3.89. The van der Waals surface area contributed by atoms with E-state index in [1.165, 1.54) is 0 Å². The molecule has 0 saturated carbocycles. The second-order valence-corrected chi connectivity index (χ2v) is 3.94. The maximum atomic E-state index is 10.0. The van der Waals surface area contributed by atoms with Crippen LogP contribution in [0.5, 0.6) is 11.5 Å². The SMILES string of the molecule is Cc1ccc(C)c(-c2ccccc2O)c1O. The molecule has 0 amide bonds. The molecule has 2 aromatic rings. The molecule has 0 saturated heterocycles. The predicted octanol–water partition coefficient (Wildman–Crippen LogP) is 3.38. The van der Waals surface area contributed by atoms with Crippen LogP contribution < -0.4 is 0 Å². The summed E-state index contributed by atoms with van der Waals surface area (Å²) in [6.07, 6.45) is 0. The molecule has 16 heavy (non-hydrogen) atoms. The highest BCUT2D eigenvalue weighted by Gasteiger charge is 2.12. The van der Waals surface area contributed by atoms with E-state index in [0.717, 1.165) is 11.1 Å². The van der Waals surface area contributed by atoms with Crippen molar-refractivity contribution in [3.05, 3.63) is 47.5 Å². The van der Waals surface area contributed by atoms with Gasteiger partial charge in [0.15, 0.2) is 0 Å². The predicted molar refractivity (Wildman–Crippen MR) is 64.7 cm³/mol. The fraction of sp³-hybridized carbons (Fsp3) is 0.143. The molecule has 0 aliphatic carbocycles. The average Bonchev–Trinajstić information content (AvgIpc) is 2.27. The molecule has 0 spiro atoms. The summed E-state index contributed by atoms with van der Waals surface area (Å²) in [5.74, 6) is 0.424. The lowest BCUT2D eigenvalue weighted by molar-refractivity contribution is 0.466. The van der Waals surface area contributed by atoms with E-state index in [2.05, 4.69) is 0 Å². The Morgan fingerprint density at radius 2 is 1.44 bits per heavy atom. The minimum atomic E-state index is 0.187. The summed E-state index contributed by atoms with van der Waals surface area (Å²) < 4.78 is 0. The van der Waals surface area contributed by atoms with Crippen LogP contribution in [-0.4, -0.2) is 10.2 Å².